The molecule has 116 valence electrons. The number of hydrogen-bond acceptors (Lipinski definition) is 2. The molecule has 0 amide bonds. The number of nitrogens with zero attached hydrogens (tertiary/aromatic N) is 2. The topological polar surface area (TPSA) is 63.3 Å². The highest BCUT2D eigenvalue weighted by molar-refractivity contribution is 6.29. The fourth-order valence-electron chi connectivity index (χ4n) is 2.25. The molecule has 5 heteroatoms. The molecule has 0 unspecified atom stereocenters. The van der Waals surface area contributed by atoms with E-state index < -0.39 is 0 Å². The van der Waals surface area contributed by atoms with Gasteiger partial charge < -0.3 is 11.1 Å². The van der Waals surface area contributed by atoms with Crippen molar-refractivity contribution in [1.82, 2.24) is 4.98 Å². The number of nitrogens with two attached hydrogens (primary N) is 1. The third-order valence-corrected chi connectivity index (χ3v) is 3.70. The van der Waals surface area contributed by atoms with Crippen LogP contribution in [0.1, 0.15) is 30.5 Å². The lowest BCUT2D eigenvalue weighted by atomic mass is 10.0. The highest BCUT2D eigenvalue weighted by Gasteiger charge is 2.07. The Morgan fingerprint density at radius 3 is 2.41 bits per heavy atom. The van der Waals surface area contributed by atoms with Gasteiger partial charge in [-0.05, 0) is 35.6 Å². The van der Waals surface area contributed by atoms with Crippen molar-refractivity contribution in [3.05, 3.63) is 58.4 Å². The van der Waals surface area contributed by atoms with Crippen LogP contribution in [0.3, 0.4) is 0 Å². The molecule has 0 atom stereocenters. The highest BCUT2D eigenvalue weighted by Crippen LogP contribution is 2.22. The Labute approximate surface area is 136 Å². The second-order valence-electron chi connectivity index (χ2n) is 4.97. The molecule has 0 aliphatic carbocycles. The van der Waals surface area contributed by atoms with Crippen LogP contribution in [0.4, 0.5) is 5.69 Å². The molecule has 4 nitrogen and oxygen atoms in total. The number of pyridine rings is 1. The Balaban J connectivity index is 2.12. The third-order valence-electron chi connectivity index (χ3n) is 3.47. The van der Waals surface area contributed by atoms with Gasteiger partial charge in [0.1, 0.15) is 5.15 Å². The van der Waals surface area contributed by atoms with Gasteiger partial charge in [0.25, 0.3) is 0 Å². The minimum absolute atomic E-state index is 0.408. The summed E-state index contributed by atoms with van der Waals surface area (Å²) in [4.78, 5) is 8.40. The molecule has 22 heavy (non-hydrogen) atoms. The molecule has 0 fully saturated rings. The summed E-state index contributed by atoms with van der Waals surface area (Å²) in [6.45, 7) is 4.73. The lowest BCUT2D eigenvalue weighted by Gasteiger charge is -2.14. The maximum absolute atomic E-state index is 6.02. The number of aryl methyl sites for hydroxylation is 2. The Kier molecular flexibility index (Phi) is 5.78. The predicted octanol–water partition coefficient (Wildman–Crippen LogP) is 3.79. The number of para-hydroxylation sites is 1. The third kappa shape index (κ3) is 4.21. The molecular weight excluding hydrogens is 296 g/mol. The van der Waals surface area contributed by atoms with E-state index in [4.69, 9.17) is 17.3 Å². The van der Waals surface area contributed by atoms with Gasteiger partial charge in [-0.15, -0.1) is 0 Å². The van der Waals surface area contributed by atoms with Crippen LogP contribution in [-0.2, 0) is 19.4 Å². The van der Waals surface area contributed by atoms with E-state index in [2.05, 4.69) is 47.3 Å². The zero-order valence-electron chi connectivity index (χ0n) is 12.9. The van der Waals surface area contributed by atoms with Gasteiger partial charge in [-0.3, -0.25) is 0 Å². The van der Waals surface area contributed by atoms with Crippen LogP contribution >= 0.6 is 11.6 Å². The summed E-state index contributed by atoms with van der Waals surface area (Å²) < 4.78 is 0. The van der Waals surface area contributed by atoms with Gasteiger partial charge in [-0.1, -0.05) is 49.7 Å². The monoisotopic (exact) mass is 316 g/mol. The molecule has 0 spiro atoms. The number of anilines is 1. The van der Waals surface area contributed by atoms with Crippen molar-refractivity contribution in [3.8, 4) is 0 Å². The fraction of sp³-hybridized carbons (Fsp3) is 0.294. The van der Waals surface area contributed by atoms with Crippen molar-refractivity contribution in [3.63, 3.8) is 0 Å². The van der Waals surface area contributed by atoms with E-state index in [1.54, 1.807) is 12.3 Å². The van der Waals surface area contributed by atoms with E-state index in [1.807, 2.05) is 6.07 Å². The van der Waals surface area contributed by atoms with Crippen LogP contribution in [0.25, 0.3) is 0 Å². The minimum atomic E-state index is 0.408. The summed E-state index contributed by atoms with van der Waals surface area (Å²) in [7, 11) is 0. The number of halogens is 1. The molecule has 1 aromatic heterocycles. The number of aliphatic imine (C=N–C) groups is 1. The van der Waals surface area contributed by atoms with Gasteiger partial charge in [0, 0.05) is 11.9 Å². The molecule has 0 aliphatic rings. The second-order valence-corrected chi connectivity index (χ2v) is 5.36. The SMILES string of the molecule is CCc1cccc(CC)c1NC(N)=NCc1ccc(Cl)nc1. The zero-order chi connectivity index (χ0) is 15.9. The minimum Gasteiger partial charge on any atom is -0.370 e. The molecular formula is C17H21ClN4. The molecule has 0 saturated heterocycles. The summed E-state index contributed by atoms with van der Waals surface area (Å²) in [5.74, 6) is 0.408. The number of nitrogens with one attached hydrogen (secondary N) is 1. The normalized spacial score (nSPS) is 11.5. The van der Waals surface area contributed by atoms with Crippen molar-refractivity contribution >= 4 is 23.2 Å². The van der Waals surface area contributed by atoms with E-state index in [1.165, 1.54) is 11.1 Å². The van der Waals surface area contributed by atoms with Crippen LogP contribution < -0.4 is 11.1 Å². The first-order valence-corrected chi connectivity index (χ1v) is 7.80. The molecule has 1 aromatic carbocycles. The van der Waals surface area contributed by atoms with E-state index in [-0.39, 0.29) is 0 Å². The van der Waals surface area contributed by atoms with E-state index in [0.717, 1.165) is 24.1 Å². The average molecular weight is 317 g/mol. The van der Waals surface area contributed by atoms with E-state index in [0.29, 0.717) is 17.7 Å². The lowest BCUT2D eigenvalue weighted by molar-refractivity contribution is 1.03. The molecule has 0 saturated carbocycles. The van der Waals surface area contributed by atoms with Crippen LogP contribution in [0.2, 0.25) is 5.15 Å². The number of guanidine groups is 1. The summed E-state index contributed by atoms with van der Waals surface area (Å²) in [6, 6.07) is 9.94. The first kappa shape index (κ1) is 16.3. The summed E-state index contributed by atoms with van der Waals surface area (Å²) >= 11 is 5.76. The van der Waals surface area contributed by atoms with Crippen molar-refractivity contribution < 1.29 is 0 Å². The molecule has 3 N–H and O–H groups in total. The average Bonchev–Trinajstić information content (AvgIpc) is 2.54. The first-order chi connectivity index (χ1) is 10.6. The van der Waals surface area contributed by atoms with Crippen molar-refractivity contribution in [1.29, 1.82) is 0 Å². The molecule has 2 rings (SSSR count). The van der Waals surface area contributed by atoms with Gasteiger partial charge in [0.15, 0.2) is 5.96 Å². The molecule has 0 aliphatic heterocycles. The van der Waals surface area contributed by atoms with E-state index in [9.17, 15) is 0 Å². The number of rotatable bonds is 5. The molecule has 0 bridgehead atoms. The number of hydrogen-bond donors (Lipinski definition) is 2. The lowest BCUT2D eigenvalue weighted by Crippen LogP contribution is -2.24. The quantitative estimate of drug-likeness (QED) is 0.501. The van der Waals surface area contributed by atoms with Gasteiger partial charge in [-0.25, -0.2) is 9.98 Å². The van der Waals surface area contributed by atoms with Crippen LogP contribution in [0.15, 0.2) is 41.5 Å². The van der Waals surface area contributed by atoms with Gasteiger partial charge in [0.05, 0.1) is 6.54 Å². The Morgan fingerprint density at radius 2 is 1.86 bits per heavy atom. The fourth-order valence-corrected chi connectivity index (χ4v) is 2.36. The number of aromatic nitrogens is 1. The van der Waals surface area contributed by atoms with E-state index >= 15 is 0 Å². The summed E-state index contributed by atoms with van der Waals surface area (Å²) in [5.41, 5.74) is 10.5. The smallest absolute Gasteiger partial charge is 0.193 e. The molecule has 2 aromatic rings. The summed E-state index contributed by atoms with van der Waals surface area (Å²) in [5, 5.41) is 3.72. The second kappa shape index (κ2) is 7.80. The van der Waals surface area contributed by atoms with Gasteiger partial charge >= 0.3 is 0 Å². The van der Waals surface area contributed by atoms with Crippen molar-refractivity contribution in [2.75, 3.05) is 5.32 Å². The largest absolute Gasteiger partial charge is 0.370 e. The van der Waals surface area contributed by atoms with Gasteiger partial charge in [0.2, 0.25) is 0 Å². The Morgan fingerprint density at radius 1 is 1.18 bits per heavy atom. The highest BCUT2D eigenvalue weighted by atomic mass is 35.5. The van der Waals surface area contributed by atoms with Crippen LogP contribution in [-0.4, -0.2) is 10.9 Å². The van der Waals surface area contributed by atoms with Crippen molar-refractivity contribution in [2.24, 2.45) is 10.7 Å². The van der Waals surface area contributed by atoms with Crippen LogP contribution in [0, 0.1) is 0 Å². The predicted molar refractivity (Wildman–Crippen MR) is 93.4 cm³/mol. The van der Waals surface area contributed by atoms with Crippen molar-refractivity contribution in [2.45, 2.75) is 33.2 Å². The standard InChI is InChI=1S/C17H21ClN4/c1-3-13-6-5-7-14(4-2)16(13)22-17(19)21-11-12-8-9-15(18)20-10-12/h5-10H,3-4,11H2,1-2H3,(H3,19,21,22). The summed E-state index contributed by atoms with van der Waals surface area (Å²) in [6.07, 6.45) is 3.60. The Bertz CT molecular complexity index is 628. The maximum atomic E-state index is 6.02. The zero-order valence-corrected chi connectivity index (χ0v) is 13.7. The molecule has 0 radical (unpaired) electrons. The first-order valence-electron chi connectivity index (χ1n) is 7.42. The number of benzene rings is 1. The van der Waals surface area contributed by atoms with Gasteiger partial charge in [-0.2, -0.15) is 0 Å². The maximum Gasteiger partial charge on any atom is 0.193 e. The Hall–Kier alpha value is -2.07. The van der Waals surface area contributed by atoms with Crippen LogP contribution in [0.5, 0.6) is 0 Å². The molecule has 1 heterocycles.